The molecule has 0 saturated carbocycles. The Labute approximate surface area is 106 Å². The number of nitrogens with one attached hydrogen (secondary N) is 1. The molecule has 1 heterocycles. The lowest BCUT2D eigenvalue weighted by atomic mass is 9.97. The molecule has 1 fully saturated rings. The summed E-state index contributed by atoms with van der Waals surface area (Å²) in [5, 5.41) is 3.37. The zero-order chi connectivity index (χ0) is 12.8. The quantitative estimate of drug-likeness (QED) is 0.752. The standard InChI is InChI=1S/C12H23NO3S/c1-4-9(2)11(12(14)16-3)13-10-5-7-17(15)8-6-10/h9-11,13H,4-8H2,1-3H3. The number of ether oxygens (including phenoxy) is 1. The van der Waals surface area contributed by atoms with Crippen LogP contribution >= 0.6 is 0 Å². The van der Waals surface area contributed by atoms with Crippen LogP contribution in [0.1, 0.15) is 33.1 Å². The molecule has 1 rings (SSSR count). The molecular formula is C12H23NO3S. The van der Waals surface area contributed by atoms with Gasteiger partial charge in [-0.15, -0.1) is 0 Å². The second-order valence-electron chi connectivity index (χ2n) is 4.68. The number of rotatable bonds is 5. The molecule has 2 unspecified atom stereocenters. The lowest BCUT2D eigenvalue weighted by Gasteiger charge is -2.29. The van der Waals surface area contributed by atoms with E-state index in [9.17, 15) is 9.00 Å². The summed E-state index contributed by atoms with van der Waals surface area (Å²) in [5.74, 6) is 1.55. The van der Waals surface area contributed by atoms with E-state index in [1.54, 1.807) is 0 Å². The number of esters is 1. The van der Waals surface area contributed by atoms with Crippen LogP contribution in [0.4, 0.5) is 0 Å². The fraction of sp³-hybridized carbons (Fsp3) is 0.917. The van der Waals surface area contributed by atoms with Crippen molar-refractivity contribution in [2.24, 2.45) is 5.92 Å². The highest BCUT2D eigenvalue weighted by Gasteiger charge is 2.28. The molecule has 1 saturated heterocycles. The molecule has 5 heteroatoms. The maximum atomic E-state index is 11.7. The lowest BCUT2D eigenvalue weighted by molar-refractivity contribution is -0.144. The Bertz CT molecular complexity index is 273. The van der Waals surface area contributed by atoms with Crippen molar-refractivity contribution in [1.29, 1.82) is 0 Å². The van der Waals surface area contributed by atoms with E-state index in [2.05, 4.69) is 19.2 Å². The van der Waals surface area contributed by atoms with Gasteiger partial charge in [0.15, 0.2) is 0 Å². The molecule has 1 N–H and O–H groups in total. The zero-order valence-corrected chi connectivity index (χ0v) is 11.7. The first-order chi connectivity index (χ1) is 8.08. The average Bonchev–Trinajstić information content (AvgIpc) is 2.36. The molecule has 0 aliphatic carbocycles. The molecule has 0 bridgehead atoms. The van der Waals surface area contributed by atoms with Gasteiger partial charge in [-0.05, 0) is 18.8 Å². The van der Waals surface area contributed by atoms with Crippen LogP contribution in [-0.4, -0.2) is 40.9 Å². The number of hydrogen-bond acceptors (Lipinski definition) is 4. The molecule has 17 heavy (non-hydrogen) atoms. The highest BCUT2D eigenvalue weighted by molar-refractivity contribution is 7.85. The summed E-state index contributed by atoms with van der Waals surface area (Å²) < 4.78 is 16.1. The lowest BCUT2D eigenvalue weighted by Crippen LogP contribution is -2.49. The zero-order valence-electron chi connectivity index (χ0n) is 10.9. The van der Waals surface area contributed by atoms with Crippen molar-refractivity contribution >= 4 is 16.8 Å². The average molecular weight is 261 g/mol. The van der Waals surface area contributed by atoms with Gasteiger partial charge in [-0.2, -0.15) is 0 Å². The second kappa shape index (κ2) is 7.11. The van der Waals surface area contributed by atoms with Crippen molar-refractivity contribution in [2.75, 3.05) is 18.6 Å². The molecule has 4 nitrogen and oxygen atoms in total. The molecule has 0 radical (unpaired) electrons. The molecule has 0 amide bonds. The van der Waals surface area contributed by atoms with Gasteiger partial charge in [-0.3, -0.25) is 9.00 Å². The number of methoxy groups -OCH3 is 1. The van der Waals surface area contributed by atoms with E-state index in [-0.39, 0.29) is 17.9 Å². The van der Waals surface area contributed by atoms with Gasteiger partial charge in [0.25, 0.3) is 0 Å². The smallest absolute Gasteiger partial charge is 0.323 e. The molecule has 0 aromatic heterocycles. The van der Waals surface area contributed by atoms with Crippen molar-refractivity contribution in [3.63, 3.8) is 0 Å². The van der Waals surface area contributed by atoms with Crippen LogP contribution in [-0.2, 0) is 20.3 Å². The van der Waals surface area contributed by atoms with Crippen molar-refractivity contribution in [1.82, 2.24) is 5.32 Å². The van der Waals surface area contributed by atoms with Crippen molar-refractivity contribution < 1.29 is 13.7 Å². The van der Waals surface area contributed by atoms with Crippen LogP contribution in [0.2, 0.25) is 0 Å². The van der Waals surface area contributed by atoms with Gasteiger partial charge in [-0.1, -0.05) is 20.3 Å². The summed E-state index contributed by atoms with van der Waals surface area (Å²) in [5.41, 5.74) is 0. The minimum atomic E-state index is -0.657. The molecule has 1 aliphatic heterocycles. The minimum Gasteiger partial charge on any atom is -0.468 e. The summed E-state index contributed by atoms with van der Waals surface area (Å²) in [6.45, 7) is 4.12. The third-order valence-electron chi connectivity index (χ3n) is 3.47. The van der Waals surface area contributed by atoms with Crippen LogP contribution in [0.15, 0.2) is 0 Å². The maximum absolute atomic E-state index is 11.7. The van der Waals surface area contributed by atoms with E-state index in [0.717, 1.165) is 30.8 Å². The SMILES string of the molecule is CCC(C)C(NC1CCS(=O)CC1)C(=O)OC. The summed E-state index contributed by atoms with van der Waals surface area (Å²) in [6, 6.07) is 0.0623. The van der Waals surface area contributed by atoms with Gasteiger partial charge in [-0.25, -0.2) is 0 Å². The molecule has 0 aromatic carbocycles. The van der Waals surface area contributed by atoms with Crippen LogP contribution in [0, 0.1) is 5.92 Å². The van der Waals surface area contributed by atoms with Gasteiger partial charge < -0.3 is 10.1 Å². The Morgan fingerprint density at radius 2 is 2.06 bits per heavy atom. The molecule has 0 spiro atoms. The molecule has 0 aromatic rings. The largest absolute Gasteiger partial charge is 0.468 e. The first-order valence-corrected chi connectivity index (χ1v) is 7.76. The van der Waals surface area contributed by atoms with Crippen LogP contribution in [0.25, 0.3) is 0 Å². The van der Waals surface area contributed by atoms with E-state index < -0.39 is 10.8 Å². The summed E-state index contributed by atoms with van der Waals surface area (Å²) in [6.07, 6.45) is 2.71. The highest BCUT2D eigenvalue weighted by atomic mass is 32.2. The Balaban J connectivity index is 2.53. The Morgan fingerprint density at radius 3 is 2.53 bits per heavy atom. The van der Waals surface area contributed by atoms with Crippen molar-refractivity contribution in [2.45, 2.75) is 45.2 Å². The van der Waals surface area contributed by atoms with Crippen LogP contribution in [0.3, 0.4) is 0 Å². The van der Waals surface area contributed by atoms with E-state index in [1.807, 2.05) is 0 Å². The molecule has 1 aliphatic rings. The predicted molar refractivity (Wildman–Crippen MR) is 69.3 cm³/mol. The van der Waals surface area contributed by atoms with E-state index in [1.165, 1.54) is 7.11 Å². The van der Waals surface area contributed by atoms with E-state index in [0.29, 0.717) is 6.04 Å². The van der Waals surface area contributed by atoms with Gasteiger partial charge in [0.1, 0.15) is 6.04 Å². The Hall–Kier alpha value is -0.420. The summed E-state index contributed by atoms with van der Waals surface area (Å²) >= 11 is 0. The third-order valence-corrected chi connectivity index (χ3v) is 4.85. The fourth-order valence-corrected chi connectivity index (χ4v) is 3.34. The van der Waals surface area contributed by atoms with Gasteiger partial charge in [0.05, 0.1) is 7.11 Å². The van der Waals surface area contributed by atoms with Crippen LogP contribution in [0.5, 0.6) is 0 Å². The van der Waals surface area contributed by atoms with Crippen molar-refractivity contribution in [3.05, 3.63) is 0 Å². The van der Waals surface area contributed by atoms with Crippen molar-refractivity contribution in [3.8, 4) is 0 Å². The number of carbonyl (C=O) groups excluding carboxylic acids is 1. The second-order valence-corrected chi connectivity index (χ2v) is 6.37. The van der Waals surface area contributed by atoms with Gasteiger partial charge in [0.2, 0.25) is 0 Å². The monoisotopic (exact) mass is 261 g/mol. The predicted octanol–water partition coefficient (Wildman–Crippen LogP) is 1.07. The molecule has 2 atom stereocenters. The number of carbonyl (C=O) groups is 1. The van der Waals surface area contributed by atoms with Crippen LogP contribution < -0.4 is 5.32 Å². The third kappa shape index (κ3) is 4.39. The number of hydrogen-bond donors (Lipinski definition) is 1. The van der Waals surface area contributed by atoms with Gasteiger partial charge >= 0.3 is 5.97 Å². The van der Waals surface area contributed by atoms with Gasteiger partial charge in [0, 0.05) is 28.3 Å². The maximum Gasteiger partial charge on any atom is 0.323 e. The Kier molecular flexibility index (Phi) is 6.12. The first kappa shape index (κ1) is 14.6. The first-order valence-electron chi connectivity index (χ1n) is 6.27. The normalized spacial score (nSPS) is 28.4. The summed E-state index contributed by atoms with van der Waals surface area (Å²) in [4.78, 5) is 11.7. The minimum absolute atomic E-state index is 0.189. The topological polar surface area (TPSA) is 55.4 Å². The van der Waals surface area contributed by atoms with E-state index in [4.69, 9.17) is 4.74 Å². The molecular weight excluding hydrogens is 238 g/mol. The Morgan fingerprint density at radius 1 is 1.47 bits per heavy atom. The highest BCUT2D eigenvalue weighted by Crippen LogP contribution is 2.15. The fourth-order valence-electron chi connectivity index (χ4n) is 2.04. The summed E-state index contributed by atoms with van der Waals surface area (Å²) in [7, 11) is 0.769. The molecule has 100 valence electrons. The van der Waals surface area contributed by atoms with E-state index >= 15 is 0 Å².